The van der Waals surface area contributed by atoms with Gasteiger partial charge in [0.15, 0.2) is 5.69 Å². The number of piperidine rings is 1. The van der Waals surface area contributed by atoms with E-state index in [1.807, 2.05) is 17.0 Å². The summed E-state index contributed by atoms with van der Waals surface area (Å²) in [5.41, 5.74) is 4.46. The number of rotatable bonds is 7. The first-order chi connectivity index (χ1) is 14.7. The number of aryl methyl sites for hydroxylation is 1. The first kappa shape index (κ1) is 20.9. The normalized spacial score (nSPS) is 18.9. The maximum atomic E-state index is 13.2. The van der Waals surface area contributed by atoms with Crippen molar-refractivity contribution < 1.29 is 9.53 Å². The quantitative estimate of drug-likeness (QED) is 0.761. The zero-order valence-corrected chi connectivity index (χ0v) is 18.3. The summed E-state index contributed by atoms with van der Waals surface area (Å²) in [7, 11) is 1.69. The molecule has 162 valence electrons. The Morgan fingerprint density at radius 1 is 1.20 bits per heavy atom. The lowest BCUT2D eigenvalue weighted by molar-refractivity contribution is 0.0716. The number of carbonyl (C=O) groups is 1. The number of carbonyl (C=O) groups excluding carboxylic acids is 1. The second kappa shape index (κ2) is 9.65. The number of methoxy groups -OCH3 is 1. The van der Waals surface area contributed by atoms with Crippen molar-refractivity contribution in [3.8, 4) is 5.75 Å². The Morgan fingerprint density at radius 3 is 2.67 bits per heavy atom. The molecule has 1 saturated heterocycles. The van der Waals surface area contributed by atoms with E-state index in [-0.39, 0.29) is 5.91 Å². The van der Waals surface area contributed by atoms with E-state index in [1.165, 1.54) is 23.2 Å². The lowest BCUT2D eigenvalue weighted by Gasteiger charge is -2.27. The standard InChI is InChI=1S/C24H34N4O2/c1-3-28-22-12-9-19(25-14-13-18-7-10-20(30-2)11-8-18)17-21(22)23(26-28)24(29)27-15-5-4-6-16-27/h7-8,10-11,19,25H,3-6,9,12-17H2,1-2H3/t19-/m1/s1. The number of nitrogens with one attached hydrogen (secondary N) is 1. The predicted octanol–water partition coefficient (Wildman–Crippen LogP) is 3.23. The van der Waals surface area contributed by atoms with Gasteiger partial charge in [0.1, 0.15) is 5.75 Å². The van der Waals surface area contributed by atoms with E-state index in [0.29, 0.717) is 11.7 Å². The lowest BCUT2D eigenvalue weighted by atomic mass is 9.90. The van der Waals surface area contributed by atoms with Gasteiger partial charge >= 0.3 is 0 Å². The van der Waals surface area contributed by atoms with Crippen molar-refractivity contribution in [3.63, 3.8) is 0 Å². The molecule has 1 atom stereocenters. The molecule has 1 aromatic carbocycles. The Balaban J connectivity index is 1.40. The number of amides is 1. The summed E-state index contributed by atoms with van der Waals surface area (Å²) in [5, 5.41) is 8.47. The molecular weight excluding hydrogens is 376 g/mol. The largest absolute Gasteiger partial charge is 0.497 e. The van der Waals surface area contributed by atoms with E-state index in [4.69, 9.17) is 9.84 Å². The summed E-state index contributed by atoms with van der Waals surface area (Å²) >= 11 is 0. The Bertz CT molecular complexity index is 853. The van der Waals surface area contributed by atoms with E-state index in [1.54, 1.807) is 7.11 Å². The van der Waals surface area contributed by atoms with Gasteiger partial charge in [-0.3, -0.25) is 9.48 Å². The molecule has 6 nitrogen and oxygen atoms in total. The Hall–Kier alpha value is -2.34. The monoisotopic (exact) mass is 410 g/mol. The molecule has 1 aliphatic heterocycles. The van der Waals surface area contributed by atoms with E-state index in [2.05, 4.69) is 29.1 Å². The number of benzene rings is 1. The summed E-state index contributed by atoms with van der Waals surface area (Å²) in [6.07, 6.45) is 7.41. The van der Waals surface area contributed by atoms with Crippen molar-refractivity contribution in [3.05, 3.63) is 46.8 Å². The van der Waals surface area contributed by atoms with Crippen LogP contribution in [-0.2, 0) is 25.8 Å². The van der Waals surface area contributed by atoms with Crippen molar-refractivity contribution in [2.75, 3.05) is 26.7 Å². The molecule has 1 amide bonds. The third-order valence-corrected chi connectivity index (χ3v) is 6.50. The van der Waals surface area contributed by atoms with Gasteiger partial charge in [0.05, 0.1) is 7.11 Å². The highest BCUT2D eigenvalue weighted by molar-refractivity contribution is 5.94. The van der Waals surface area contributed by atoms with Crippen molar-refractivity contribution in [1.82, 2.24) is 20.0 Å². The van der Waals surface area contributed by atoms with Crippen molar-refractivity contribution in [1.29, 1.82) is 0 Å². The predicted molar refractivity (Wildman–Crippen MR) is 118 cm³/mol. The number of hydrogen-bond acceptors (Lipinski definition) is 4. The van der Waals surface area contributed by atoms with Crippen LogP contribution in [0.1, 0.15) is 59.9 Å². The minimum atomic E-state index is 0.136. The van der Waals surface area contributed by atoms with Gasteiger partial charge in [-0.05, 0) is 76.1 Å². The minimum Gasteiger partial charge on any atom is -0.497 e. The van der Waals surface area contributed by atoms with Gasteiger partial charge in [0.25, 0.3) is 5.91 Å². The SMILES string of the molecule is CCn1nc(C(=O)N2CCCCC2)c2c1CC[C@@H](NCCc1ccc(OC)cc1)C2. The third kappa shape index (κ3) is 4.53. The van der Waals surface area contributed by atoms with Crippen LogP contribution in [0, 0.1) is 0 Å². The molecular formula is C24H34N4O2. The highest BCUT2D eigenvalue weighted by atomic mass is 16.5. The molecule has 1 N–H and O–H groups in total. The maximum Gasteiger partial charge on any atom is 0.274 e. The molecule has 30 heavy (non-hydrogen) atoms. The molecule has 2 heterocycles. The molecule has 6 heteroatoms. The first-order valence-corrected chi connectivity index (χ1v) is 11.4. The third-order valence-electron chi connectivity index (χ3n) is 6.50. The highest BCUT2D eigenvalue weighted by Gasteiger charge is 2.31. The number of nitrogens with zero attached hydrogens (tertiary/aromatic N) is 3. The van der Waals surface area contributed by atoms with E-state index >= 15 is 0 Å². The molecule has 0 saturated carbocycles. The fourth-order valence-electron chi connectivity index (χ4n) is 4.75. The number of ether oxygens (including phenoxy) is 1. The van der Waals surface area contributed by atoms with Gasteiger partial charge in [-0.25, -0.2) is 0 Å². The summed E-state index contributed by atoms with van der Waals surface area (Å²) in [6.45, 7) is 5.61. The highest BCUT2D eigenvalue weighted by Crippen LogP contribution is 2.27. The van der Waals surface area contributed by atoms with Crippen molar-refractivity contribution in [2.24, 2.45) is 0 Å². The number of aromatic nitrogens is 2. The van der Waals surface area contributed by atoms with Gasteiger partial charge in [-0.2, -0.15) is 5.10 Å². The van der Waals surface area contributed by atoms with Gasteiger partial charge in [0, 0.05) is 36.9 Å². The summed E-state index contributed by atoms with van der Waals surface area (Å²) in [6, 6.07) is 8.68. The smallest absolute Gasteiger partial charge is 0.274 e. The zero-order valence-electron chi connectivity index (χ0n) is 18.3. The first-order valence-electron chi connectivity index (χ1n) is 11.4. The van der Waals surface area contributed by atoms with Gasteiger partial charge in [-0.15, -0.1) is 0 Å². The van der Waals surface area contributed by atoms with E-state index in [0.717, 1.165) is 70.5 Å². The zero-order chi connectivity index (χ0) is 20.9. The molecule has 0 spiro atoms. The molecule has 1 aromatic heterocycles. The lowest BCUT2D eigenvalue weighted by Crippen LogP contribution is -2.38. The second-order valence-electron chi connectivity index (χ2n) is 8.43. The summed E-state index contributed by atoms with van der Waals surface area (Å²) in [5.74, 6) is 1.03. The van der Waals surface area contributed by atoms with E-state index in [9.17, 15) is 4.79 Å². The Kier molecular flexibility index (Phi) is 6.72. The number of hydrogen-bond donors (Lipinski definition) is 1. The number of likely N-dealkylation sites (tertiary alicyclic amines) is 1. The maximum absolute atomic E-state index is 13.2. The van der Waals surface area contributed by atoms with Gasteiger partial charge < -0.3 is 15.0 Å². The average molecular weight is 411 g/mol. The molecule has 2 aromatic rings. The number of fused-ring (bicyclic) bond motifs is 1. The van der Waals surface area contributed by atoms with Crippen LogP contribution < -0.4 is 10.1 Å². The van der Waals surface area contributed by atoms with Gasteiger partial charge in [0.2, 0.25) is 0 Å². The molecule has 1 aliphatic carbocycles. The van der Waals surface area contributed by atoms with Crippen molar-refractivity contribution >= 4 is 5.91 Å². The van der Waals surface area contributed by atoms with Crippen LogP contribution in [0.25, 0.3) is 0 Å². The summed E-state index contributed by atoms with van der Waals surface area (Å²) in [4.78, 5) is 15.2. The molecule has 0 radical (unpaired) electrons. The average Bonchev–Trinajstić information content (AvgIpc) is 3.17. The molecule has 4 rings (SSSR count). The fourth-order valence-corrected chi connectivity index (χ4v) is 4.75. The van der Waals surface area contributed by atoms with Crippen molar-refractivity contribution in [2.45, 2.75) is 64.5 Å². The Morgan fingerprint density at radius 2 is 1.97 bits per heavy atom. The van der Waals surface area contributed by atoms with Crippen LogP contribution in [0.5, 0.6) is 5.75 Å². The Labute approximate surface area is 179 Å². The molecule has 1 fully saturated rings. The second-order valence-corrected chi connectivity index (χ2v) is 8.43. The van der Waals surface area contributed by atoms with Crippen LogP contribution >= 0.6 is 0 Å². The fraction of sp³-hybridized carbons (Fsp3) is 0.583. The molecule has 2 aliphatic rings. The van der Waals surface area contributed by atoms with Crippen LogP contribution in [-0.4, -0.2) is 53.4 Å². The van der Waals surface area contributed by atoms with E-state index < -0.39 is 0 Å². The minimum absolute atomic E-state index is 0.136. The van der Waals surface area contributed by atoms with Crippen LogP contribution in [0.2, 0.25) is 0 Å². The van der Waals surface area contributed by atoms with Crippen LogP contribution in [0.15, 0.2) is 24.3 Å². The topological polar surface area (TPSA) is 59.4 Å². The van der Waals surface area contributed by atoms with Crippen LogP contribution in [0.4, 0.5) is 0 Å². The molecule has 0 unspecified atom stereocenters. The molecule has 0 bridgehead atoms. The summed E-state index contributed by atoms with van der Waals surface area (Å²) < 4.78 is 7.29. The van der Waals surface area contributed by atoms with Gasteiger partial charge in [-0.1, -0.05) is 12.1 Å². The van der Waals surface area contributed by atoms with Crippen LogP contribution in [0.3, 0.4) is 0 Å².